The second kappa shape index (κ2) is 6.20. The average Bonchev–Trinajstić information content (AvgIpc) is 2.28. The number of hydrogen-bond donors (Lipinski definition) is 2. The van der Waals surface area contributed by atoms with E-state index in [1.54, 1.807) is 19.1 Å². The molecule has 1 amide bonds. The second-order valence-corrected chi connectivity index (χ2v) is 5.00. The molecule has 0 bridgehead atoms. The maximum Gasteiger partial charge on any atom is 0.326 e. The highest BCUT2D eigenvalue weighted by atomic mass is 127. The van der Waals surface area contributed by atoms with Crippen LogP contribution >= 0.6 is 34.2 Å². The van der Waals surface area contributed by atoms with Crippen molar-refractivity contribution in [3.05, 3.63) is 32.4 Å². The van der Waals surface area contributed by atoms with Crippen LogP contribution in [-0.4, -0.2) is 23.0 Å². The number of halogens is 2. The van der Waals surface area contributed by atoms with Crippen LogP contribution in [0, 0.1) is 3.57 Å². The highest BCUT2D eigenvalue weighted by molar-refractivity contribution is 14.1. The van der Waals surface area contributed by atoms with Crippen LogP contribution in [0.2, 0.25) is 5.02 Å². The number of carboxylic acid groups (broad SMARTS) is 1. The van der Waals surface area contributed by atoms with Gasteiger partial charge in [-0.25, -0.2) is 4.79 Å². The van der Waals surface area contributed by atoms with Crippen molar-refractivity contribution in [2.75, 3.05) is 0 Å². The van der Waals surface area contributed by atoms with E-state index < -0.39 is 17.9 Å². The molecule has 1 atom stereocenters. The van der Waals surface area contributed by atoms with Gasteiger partial charge in [-0.1, -0.05) is 18.5 Å². The summed E-state index contributed by atoms with van der Waals surface area (Å²) in [4.78, 5) is 22.7. The molecule has 1 aromatic carbocycles. The Kier molecular flexibility index (Phi) is 5.20. The summed E-state index contributed by atoms with van der Waals surface area (Å²) in [6, 6.07) is 4.03. The van der Waals surface area contributed by atoms with Gasteiger partial charge in [0.05, 0.1) is 5.56 Å². The predicted octanol–water partition coefficient (Wildman–Crippen LogP) is 2.54. The van der Waals surface area contributed by atoms with Gasteiger partial charge in [0, 0.05) is 8.59 Å². The van der Waals surface area contributed by atoms with Crippen LogP contribution in [0.1, 0.15) is 23.7 Å². The topological polar surface area (TPSA) is 66.4 Å². The van der Waals surface area contributed by atoms with E-state index in [2.05, 4.69) is 5.32 Å². The van der Waals surface area contributed by atoms with Crippen LogP contribution in [0.15, 0.2) is 18.2 Å². The molecule has 0 radical (unpaired) electrons. The zero-order chi connectivity index (χ0) is 13.0. The van der Waals surface area contributed by atoms with Crippen LogP contribution in [0.25, 0.3) is 0 Å². The highest BCUT2D eigenvalue weighted by Gasteiger charge is 2.19. The molecule has 0 spiro atoms. The normalized spacial score (nSPS) is 11.9. The fourth-order valence-electron chi connectivity index (χ4n) is 1.25. The van der Waals surface area contributed by atoms with Gasteiger partial charge >= 0.3 is 5.97 Å². The van der Waals surface area contributed by atoms with Gasteiger partial charge in [0.1, 0.15) is 6.04 Å². The number of carbonyl (C=O) groups is 2. The fourth-order valence-corrected chi connectivity index (χ4v) is 2.00. The largest absolute Gasteiger partial charge is 0.480 e. The number of benzene rings is 1. The molecule has 4 nitrogen and oxygen atoms in total. The lowest BCUT2D eigenvalue weighted by atomic mass is 10.1. The quantitative estimate of drug-likeness (QED) is 0.804. The van der Waals surface area contributed by atoms with Gasteiger partial charge in [-0.15, -0.1) is 0 Å². The maximum absolute atomic E-state index is 11.9. The second-order valence-electron chi connectivity index (χ2n) is 3.40. The smallest absolute Gasteiger partial charge is 0.326 e. The summed E-state index contributed by atoms with van der Waals surface area (Å²) < 4.78 is 0.727. The number of nitrogens with one attached hydrogen (secondary N) is 1. The zero-order valence-corrected chi connectivity index (χ0v) is 11.9. The van der Waals surface area contributed by atoms with Gasteiger partial charge in [0.2, 0.25) is 0 Å². The summed E-state index contributed by atoms with van der Waals surface area (Å²) >= 11 is 7.80. The molecule has 92 valence electrons. The molecule has 17 heavy (non-hydrogen) atoms. The average molecular weight is 368 g/mol. The summed E-state index contributed by atoms with van der Waals surface area (Å²) in [5.41, 5.74) is 0.387. The van der Waals surface area contributed by atoms with Gasteiger partial charge in [0.15, 0.2) is 0 Å². The van der Waals surface area contributed by atoms with Crippen molar-refractivity contribution in [1.29, 1.82) is 0 Å². The number of aliphatic carboxylic acids is 1. The molecule has 0 saturated heterocycles. The minimum absolute atomic E-state index is 0.332. The Bertz CT molecular complexity index is 450. The lowest BCUT2D eigenvalue weighted by Crippen LogP contribution is -2.40. The van der Waals surface area contributed by atoms with E-state index in [1.807, 2.05) is 22.6 Å². The first-order valence-corrected chi connectivity index (χ1v) is 6.40. The molecule has 0 aliphatic rings. The van der Waals surface area contributed by atoms with E-state index in [4.69, 9.17) is 16.7 Å². The van der Waals surface area contributed by atoms with Crippen LogP contribution < -0.4 is 5.32 Å². The van der Waals surface area contributed by atoms with Gasteiger partial charge < -0.3 is 10.4 Å². The Hall–Kier alpha value is -0.820. The molecule has 1 aromatic rings. The Morgan fingerprint density at radius 2 is 2.18 bits per heavy atom. The molecule has 0 heterocycles. The minimum Gasteiger partial charge on any atom is -0.480 e. The SMILES string of the molecule is CC[C@@H](NC(=O)c1cc(Cl)ccc1I)C(=O)O. The van der Waals surface area contributed by atoms with Crippen molar-refractivity contribution >= 4 is 46.1 Å². The van der Waals surface area contributed by atoms with Gasteiger partial charge in [-0.2, -0.15) is 0 Å². The first kappa shape index (κ1) is 14.2. The lowest BCUT2D eigenvalue weighted by molar-refractivity contribution is -0.139. The summed E-state index contributed by atoms with van der Waals surface area (Å²) in [5.74, 6) is -1.47. The first-order chi connectivity index (χ1) is 7.95. The summed E-state index contributed by atoms with van der Waals surface area (Å²) in [6.07, 6.45) is 0.332. The number of carboxylic acids is 1. The van der Waals surface area contributed by atoms with Gasteiger partial charge in [0.25, 0.3) is 5.91 Å². The molecule has 1 rings (SSSR count). The van der Waals surface area contributed by atoms with Crippen molar-refractivity contribution in [3.63, 3.8) is 0 Å². The van der Waals surface area contributed by atoms with Crippen molar-refractivity contribution in [1.82, 2.24) is 5.32 Å². The molecule has 0 aliphatic heterocycles. The Morgan fingerprint density at radius 3 is 2.71 bits per heavy atom. The predicted molar refractivity (Wildman–Crippen MR) is 73.4 cm³/mol. The van der Waals surface area contributed by atoms with Crippen LogP contribution in [-0.2, 0) is 4.79 Å². The van der Waals surface area contributed by atoms with E-state index in [-0.39, 0.29) is 0 Å². The third-order valence-corrected chi connectivity index (χ3v) is 3.36. The molecule has 0 aromatic heterocycles. The van der Waals surface area contributed by atoms with Gasteiger partial charge in [-0.05, 0) is 47.2 Å². The Labute approximate surface area is 117 Å². The monoisotopic (exact) mass is 367 g/mol. The maximum atomic E-state index is 11.9. The molecular weight excluding hydrogens is 356 g/mol. The van der Waals surface area contributed by atoms with Crippen molar-refractivity contribution in [2.45, 2.75) is 19.4 Å². The third kappa shape index (κ3) is 3.85. The first-order valence-electron chi connectivity index (χ1n) is 4.94. The van der Waals surface area contributed by atoms with Crippen LogP contribution in [0.5, 0.6) is 0 Å². The number of rotatable bonds is 4. The standard InChI is InChI=1S/C11H11ClINO3/c1-2-9(11(16)17)14-10(15)7-5-6(12)3-4-8(7)13/h3-5,9H,2H2,1H3,(H,14,15)(H,16,17)/t9-/m1/s1. The molecular formula is C11H11ClINO3. The van der Waals surface area contributed by atoms with Crippen LogP contribution in [0.4, 0.5) is 0 Å². The summed E-state index contributed by atoms with van der Waals surface area (Å²) in [6.45, 7) is 1.70. The van der Waals surface area contributed by atoms with Crippen molar-refractivity contribution < 1.29 is 14.7 Å². The number of amides is 1. The van der Waals surface area contributed by atoms with Crippen LogP contribution in [0.3, 0.4) is 0 Å². The van der Waals surface area contributed by atoms with Crippen molar-refractivity contribution in [3.8, 4) is 0 Å². The van der Waals surface area contributed by atoms with E-state index in [1.165, 1.54) is 6.07 Å². The molecule has 0 fully saturated rings. The van der Waals surface area contributed by atoms with E-state index in [9.17, 15) is 9.59 Å². The van der Waals surface area contributed by atoms with Crippen molar-refractivity contribution in [2.24, 2.45) is 0 Å². The molecule has 0 aliphatic carbocycles. The highest BCUT2D eigenvalue weighted by Crippen LogP contribution is 2.18. The fraction of sp³-hybridized carbons (Fsp3) is 0.273. The number of carbonyl (C=O) groups excluding carboxylic acids is 1. The summed E-state index contributed by atoms with van der Waals surface area (Å²) in [7, 11) is 0. The zero-order valence-electron chi connectivity index (χ0n) is 9.04. The molecule has 0 saturated carbocycles. The molecule has 6 heteroatoms. The van der Waals surface area contributed by atoms with Gasteiger partial charge in [-0.3, -0.25) is 4.79 Å². The van der Waals surface area contributed by atoms with E-state index in [0.29, 0.717) is 17.0 Å². The Balaban J connectivity index is 2.89. The Morgan fingerprint density at radius 1 is 1.53 bits per heavy atom. The minimum atomic E-state index is -1.04. The number of hydrogen-bond acceptors (Lipinski definition) is 2. The summed E-state index contributed by atoms with van der Waals surface area (Å²) in [5, 5.41) is 11.7. The van der Waals surface area contributed by atoms with E-state index >= 15 is 0 Å². The third-order valence-electron chi connectivity index (χ3n) is 2.18. The molecule has 2 N–H and O–H groups in total. The molecule has 0 unspecified atom stereocenters. The lowest BCUT2D eigenvalue weighted by Gasteiger charge is -2.13. The van der Waals surface area contributed by atoms with E-state index in [0.717, 1.165) is 3.57 Å².